The molecule has 1 atom stereocenters. The van der Waals surface area contributed by atoms with E-state index in [0.29, 0.717) is 49.3 Å². The molecule has 1 saturated carbocycles. The lowest BCUT2D eigenvalue weighted by molar-refractivity contribution is -0.136. The molecule has 0 bridgehead atoms. The van der Waals surface area contributed by atoms with Crippen LogP contribution < -0.4 is 25.1 Å². The molecule has 3 aromatic carbocycles. The number of nitrogens with zero attached hydrogens (tertiary/aromatic N) is 8. The third kappa shape index (κ3) is 11.0. The van der Waals surface area contributed by atoms with Crippen molar-refractivity contribution >= 4 is 62.9 Å². The molecule has 1 unspecified atom stereocenters. The molecule has 4 aliphatic heterocycles. The van der Waals surface area contributed by atoms with Crippen molar-refractivity contribution in [2.24, 2.45) is 5.41 Å². The average molecular weight is 1060 g/mol. The molecule has 10 rings (SSSR count). The highest BCUT2D eigenvalue weighted by Gasteiger charge is 2.47. The second kappa shape index (κ2) is 21.8. The Morgan fingerprint density at radius 3 is 2.45 bits per heavy atom. The van der Waals surface area contributed by atoms with Gasteiger partial charge in [-0.15, -0.1) is 6.42 Å². The van der Waals surface area contributed by atoms with E-state index in [1.165, 1.54) is 30.4 Å². The zero-order chi connectivity index (χ0) is 54.2. The van der Waals surface area contributed by atoms with Crippen LogP contribution in [0.5, 0.6) is 11.8 Å². The van der Waals surface area contributed by atoms with Crippen molar-refractivity contribution in [1.82, 2.24) is 40.0 Å². The van der Waals surface area contributed by atoms with E-state index in [9.17, 15) is 24.0 Å². The summed E-state index contributed by atoms with van der Waals surface area (Å²) in [4.78, 5) is 85.1. The second-order valence-electron chi connectivity index (χ2n) is 21.3. The standard InChI is InChI=1S/C56H62F2N10O9/c1-6-36-40(57)15-14-34-28-35(76-33-74-5)29-38(44(34)36)47-46(58)48-39(30-60-47)49(66-22-8-7-9-23-67(66)54(73)77-55(2,3)4)63-53(62-48)75-32-56(18-19-56)31-65-26-24-64(25-27-65)21-11-20-59-41-13-10-12-37-45(41)52(72)68(51(37)71)42-16-17-43(69)61-50(42)70/h1,10,12-15,28-30,42,59H,7-9,11,16-27,31-33H2,2-5H3,(H,61,69,70). The van der Waals surface area contributed by atoms with Gasteiger partial charge in [0.05, 0.1) is 28.7 Å². The van der Waals surface area contributed by atoms with Gasteiger partial charge in [0.25, 0.3) is 11.8 Å². The number of hydrogen-bond acceptors (Lipinski definition) is 16. The highest BCUT2D eigenvalue weighted by Crippen LogP contribution is 2.47. The zero-order valence-electron chi connectivity index (χ0n) is 43.7. The van der Waals surface area contributed by atoms with E-state index in [4.69, 9.17) is 35.3 Å². The van der Waals surface area contributed by atoms with E-state index in [2.05, 4.69) is 31.3 Å². The SMILES string of the molecule is C#Cc1c(F)ccc2cc(OCOC)cc(-c3ncc4c(N5CCCCCN5C(=O)OC(C)(C)C)nc(OCC5(CN6CCN(CCCNc7cccc8c7C(=O)N(C7CCC(=O)NC7=O)C8=O)CC6)CC5)nc4c3F)c12. The molecule has 0 radical (unpaired) electrons. The lowest BCUT2D eigenvalue weighted by Crippen LogP contribution is -2.54. The van der Waals surface area contributed by atoms with Gasteiger partial charge in [-0.1, -0.05) is 18.1 Å². The van der Waals surface area contributed by atoms with Crippen LogP contribution in [0.15, 0.2) is 48.7 Å². The van der Waals surface area contributed by atoms with E-state index in [0.717, 1.165) is 69.9 Å². The number of carbonyl (C=O) groups is 5. The van der Waals surface area contributed by atoms with Crippen LogP contribution in [0.25, 0.3) is 32.9 Å². The van der Waals surface area contributed by atoms with Crippen LogP contribution in [-0.2, 0) is 19.1 Å². The van der Waals surface area contributed by atoms with Gasteiger partial charge in [0.2, 0.25) is 11.8 Å². The summed E-state index contributed by atoms with van der Waals surface area (Å²) in [5.74, 6) is -0.690. The maximum absolute atomic E-state index is 17.7. The number of amides is 5. The highest BCUT2D eigenvalue weighted by molar-refractivity contribution is 6.25. The van der Waals surface area contributed by atoms with Crippen LogP contribution in [0.2, 0.25) is 0 Å². The first-order chi connectivity index (χ1) is 37.0. The molecule has 21 heteroatoms. The number of hydrogen-bond donors (Lipinski definition) is 2. The predicted molar refractivity (Wildman–Crippen MR) is 281 cm³/mol. The van der Waals surface area contributed by atoms with Gasteiger partial charge in [-0.3, -0.25) is 39.4 Å². The first-order valence-electron chi connectivity index (χ1n) is 26.2. The number of piperazine rings is 1. The summed E-state index contributed by atoms with van der Waals surface area (Å²) >= 11 is 0. The van der Waals surface area contributed by atoms with Crippen molar-refractivity contribution < 1.29 is 51.7 Å². The van der Waals surface area contributed by atoms with Crippen LogP contribution in [-0.4, -0.2) is 155 Å². The van der Waals surface area contributed by atoms with Crippen molar-refractivity contribution in [3.63, 3.8) is 0 Å². The maximum atomic E-state index is 17.7. The van der Waals surface area contributed by atoms with Gasteiger partial charge in [0, 0.05) is 94.1 Å². The molecule has 19 nitrogen and oxygen atoms in total. The molecule has 5 amide bonds. The number of nitrogens with one attached hydrogen (secondary N) is 2. The molecule has 5 aromatic rings. The first kappa shape index (κ1) is 52.9. The maximum Gasteiger partial charge on any atom is 0.429 e. The third-order valence-electron chi connectivity index (χ3n) is 14.7. The number of pyridine rings is 1. The number of terminal acetylenes is 1. The number of aromatic nitrogens is 3. The molecule has 2 N–H and O–H groups in total. The number of methoxy groups -OCH3 is 1. The number of anilines is 2. The Kier molecular flexibility index (Phi) is 15.0. The fourth-order valence-electron chi connectivity index (χ4n) is 10.7. The van der Waals surface area contributed by atoms with E-state index in [1.807, 2.05) is 0 Å². The molecule has 4 fully saturated rings. The van der Waals surface area contributed by atoms with Crippen LogP contribution in [0.3, 0.4) is 0 Å². The molecule has 2 aromatic heterocycles. The van der Waals surface area contributed by atoms with Crippen molar-refractivity contribution in [2.75, 3.05) is 89.7 Å². The summed E-state index contributed by atoms with van der Waals surface area (Å²) in [6.45, 7) is 11.7. The topological polar surface area (TPSA) is 201 Å². The smallest absolute Gasteiger partial charge is 0.429 e. The monoisotopic (exact) mass is 1060 g/mol. The number of halogens is 2. The van der Waals surface area contributed by atoms with Gasteiger partial charge in [0.1, 0.15) is 34.4 Å². The predicted octanol–water partition coefficient (Wildman–Crippen LogP) is 6.91. The molecule has 1 aliphatic carbocycles. The first-order valence-corrected chi connectivity index (χ1v) is 26.2. The van der Waals surface area contributed by atoms with Gasteiger partial charge in [-0.2, -0.15) is 9.97 Å². The number of fused-ring (bicyclic) bond motifs is 3. The second-order valence-corrected chi connectivity index (χ2v) is 21.3. The molecule has 404 valence electrons. The molecule has 6 heterocycles. The molecule has 5 aliphatic rings. The van der Waals surface area contributed by atoms with Crippen LogP contribution in [0, 0.1) is 29.4 Å². The number of rotatable bonds is 16. The number of imide groups is 2. The number of ether oxygens (including phenoxy) is 4. The Morgan fingerprint density at radius 2 is 1.71 bits per heavy atom. The van der Waals surface area contributed by atoms with Gasteiger partial charge < -0.3 is 34.1 Å². The van der Waals surface area contributed by atoms with Crippen molar-refractivity contribution in [2.45, 2.75) is 83.8 Å². The molecule has 0 spiro atoms. The summed E-state index contributed by atoms with van der Waals surface area (Å²) in [5.41, 5.74) is -0.174. The van der Waals surface area contributed by atoms with E-state index >= 15 is 8.78 Å². The van der Waals surface area contributed by atoms with Crippen LogP contribution in [0.1, 0.15) is 98.4 Å². The number of hydrazine groups is 1. The molecule has 77 heavy (non-hydrogen) atoms. The summed E-state index contributed by atoms with van der Waals surface area (Å²) in [6, 6.07) is 9.92. The Morgan fingerprint density at radius 1 is 0.935 bits per heavy atom. The largest absolute Gasteiger partial charge is 0.468 e. The Labute approximate surface area is 444 Å². The van der Waals surface area contributed by atoms with Crippen molar-refractivity contribution in [1.29, 1.82) is 0 Å². The molecular formula is C56H62F2N10O9. The Hall–Kier alpha value is -7.54. The van der Waals surface area contributed by atoms with E-state index < -0.39 is 53.0 Å². The fourth-order valence-corrected chi connectivity index (χ4v) is 10.7. The average Bonchev–Trinajstić information content (AvgIpc) is 4.21. The highest BCUT2D eigenvalue weighted by atomic mass is 19.1. The summed E-state index contributed by atoms with van der Waals surface area (Å²) in [5, 5.41) is 9.76. The Bertz CT molecular complexity index is 3200. The third-order valence-corrected chi connectivity index (χ3v) is 14.7. The molecular weight excluding hydrogens is 995 g/mol. The van der Waals surface area contributed by atoms with Crippen LogP contribution in [0.4, 0.5) is 25.1 Å². The van der Waals surface area contributed by atoms with Gasteiger partial charge in [-0.05, 0) is 108 Å². The zero-order valence-corrected chi connectivity index (χ0v) is 43.7. The van der Waals surface area contributed by atoms with E-state index in [-0.39, 0.29) is 87.7 Å². The Balaban J connectivity index is 0.840. The van der Waals surface area contributed by atoms with Gasteiger partial charge in [0.15, 0.2) is 18.4 Å². The summed E-state index contributed by atoms with van der Waals surface area (Å²) < 4.78 is 56.3. The van der Waals surface area contributed by atoms with Gasteiger partial charge in [-0.25, -0.2) is 18.6 Å². The van der Waals surface area contributed by atoms with E-state index in [1.54, 1.807) is 56.1 Å². The fraction of sp³-hybridized carbons (Fsp3) is 0.464. The number of piperidine rings is 1. The van der Waals surface area contributed by atoms with Crippen molar-refractivity contribution in [3.8, 4) is 35.4 Å². The number of carbonyl (C=O) groups excluding carboxylic acids is 5. The van der Waals surface area contributed by atoms with Gasteiger partial charge >= 0.3 is 12.1 Å². The normalized spacial score (nSPS) is 19.0. The minimum absolute atomic E-state index is 0.0502. The lowest BCUT2D eigenvalue weighted by Gasteiger charge is -2.36. The minimum atomic E-state index is -1.03. The summed E-state index contributed by atoms with van der Waals surface area (Å²) in [6.07, 6.45) is 11.7. The number of benzene rings is 3. The summed E-state index contributed by atoms with van der Waals surface area (Å²) in [7, 11) is 1.47. The lowest BCUT2D eigenvalue weighted by atomic mass is 9.95. The minimum Gasteiger partial charge on any atom is -0.468 e. The molecule has 3 saturated heterocycles. The quantitative estimate of drug-likeness (QED) is 0.0447. The van der Waals surface area contributed by atoms with Crippen molar-refractivity contribution in [3.05, 3.63) is 77.0 Å². The van der Waals surface area contributed by atoms with Crippen LogP contribution >= 0.6 is 0 Å².